The fourth-order valence-corrected chi connectivity index (χ4v) is 1.72. The maximum Gasteiger partial charge on any atom is 0.218 e. The highest BCUT2D eigenvalue weighted by Gasteiger charge is 2.06. The minimum atomic E-state index is 0. The number of hydrogen-bond donors (Lipinski definition) is 2. The van der Waals surface area contributed by atoms with Crippen LogP contribution in [-0.4, -0.2) is 43.9 Å². The second-order valence-corrected chi connectivity index (χ2v) is 4.96. The first-order chi connectivity index (χ1) is 10.7. The SMILES string of the molecule is CCNC(=NCc1cccnc1OCCOC)NC(C)CC.I. The highest BCUT2D eigenvalue weighted by molar-refractivity contribution is 14.0. The summed E-state index contributed by atoms with van der Waals surface area (Å²) in [4.78, 5) is 8.87. The van der Waals surface area contributed by atoms with Crippen LogP contribution in [0.1, 0.15) is 32.8 Å². The van der Waals surface area contributed by atoms with Crippen molar-refractivity contribution in [3.63, 3.8) is 0 Å². The van der Waals surface area contributed by atoms with E-state index < -0.39 is 0 Å². The van der Waals surface area contributed by atoms with Crippen molar-refractivity contribution in [2.75, 3.05) is 26.9 Å². The minimum absolute atomic E-state index is 0. The summed E-state index contributed by atoms with van der Waals surface area (Å²) in [6.07, 6.45) is 2.76. The van der Waals surface area contributed by atoms with Crippen LogP contribution < -0.4 is 15.4 Å². The molecule has 0 bridgehead atoms. The summed E-state index contributed by atoms with van der Waals surface area (Å²) in [5, 5.41) is 6.61. The van der Waals surface area contributed by atoms with E-state index in [-0.39, 0.29) is 24.0 Å². The topological polar surface area (TPSA) is 67.8 Å². The standard InChI is InChI=1S/C16H28N4O2.HI/c1-5-13(3)20-16(17-6-2)19-12-14-8-7-9-18-15(14)22-11-10-21-4;/h7-9,13H,5-6,10-12H2,1-4H3,(H2,17,19,20);1H. The average molecular weight is 436 g/mol. The maximum atomic E-state index is 5.63. The van der Waals surface area contributed by atoms with Crippen LogP contribution in [0.15, 0.2) is 23.3 Å². The molecule has 0 saturated heterocycles. The summed E-state index contributed by atoms with van der Waals surface area (Å²) in [6.45, 7) is 8.69. The van der Waals surface area contributed by atoms with Crippen LogP contribution in [0.3, 0.4) is 0 Å². The third kappa shape index (κ3) is 8.95. The van der Waals surface area contributed by atoms with Crippen molar-refractivity contribution in [2.24, 2.45) is 4.99 Å². The molecular formula is C16H29IN4O2. The number of nitrogens with zero attached hydrogens (tertiary/aromatic N) is 2. The fourth-order valence-electron chi connectivity index (χ4n) is 1.72. The molecule has 0 spiro atoms. The lowest BCUT2D eigenvalue weighted by molar-refractivity contribution is 0.143. The van der Waals surface area contributed by atoms with Gasteiger partial charge in [0.25, 0.3) is 0 Å². The molecule has 0 aliphatic rings. The molecule has 0 aromatic carbocycles. The van der Waals surface area contributed by atoms with Crippen molar-refractivity contribution < 1.29 is 9.47 Å². The summed E-state index contributed by atoms with van der Waals surface area (Å²) in [5.41, 5.74) is 0.958. The normalized spacial score (nSPS) is 12.3. The molecule has 7 heteroatoms. The van der Waals surface area contributed by atoms with Gasteiger partial charge in [-0.3, -0.25) is 0 Å². The van der Waals surface area contributed by atoms with Crippen LogP contribution in [0.4, 0.5) is 0 Å². The van der Waals surface area contributed by atoms with Gasteiger partial charge in [-0.25, -0.2) is 9.98 Å². The lowest BCUT2D eigenvalue weighted by Crippen LogP contribution is -2.41. The van der Waals surface area contributed by atoms with Crippen molar-refractivity contribution in [1.82, 2.24) is 15.6 Å². The van der Waals surface area contributed by atoms with Crippen molar-refractivity contribution in [2.45, 2.75) is 39.8 Å². The Balaban J connectivity index is 0.00000484. The van der Waals surface area contributed by atoms with E-state index in [4.69, 9.17) is 9.47 Å². The number of aliphatic imine (C=N–C) groups is 1. The maximum absolute atomic E-state index is 5.63. The van der Waals surface area contributed by atoms with Crippen LogP contribution in [0.5, 0.6) is 5.88 Å². The van der Waals surface area contributed by atoms with Crippen molar-refractivity contribution in [1.29, 1.82) is 0 Å². The summed E-state index contributed by atoms with van der Waals surface area (Å²) in [5.74, 6) is 1.42. The van der Waals surface area contributed by atoms with Crippen LogP contribution in [0.2, 0.25) is 0 Å². The van der Waals surface area contributed by atoms with E-state index in [1.165, 1.54) is 0 Å². The Bertz CT molecular complexity index is 457. The second kappa shape index (κ2) is 13.4. The molecule has 132 valence electrons. The van der Waals surface area contributed by atoms with Gasteiger partial charge in [-0.15, -0.1) is 24.0 Å². The summed E-state index contributed by atoms with van der Waals surface area (Å²) in [7, 11) is 1.65. The lowest BCUT2D eigenvalue weighted by atomic mass is 10.2. The van der Waals surface area contributed by atoms with Gasteiger partial charge < -0.3 is 20.1 Å². The van der Waals surface area contributed by atoms with Crippen LogP contribution in [0.25, 0.3) is 0 Å². The lowest BCUT2D eigenvalue weighted by Gasteiger charge is -2.16. The predicted molar refractivity (Wildman–Crippen MR) is 105 cm³/mol. The van der Waals surface area contributed by atoms with Gasteiger partial charge in [0, 0.05) is 31.5 Å². The van der Waals surface area contributed by atoms with Crippen molar-refractivity contribution in [3.8, 4) is 5.88 Å². The molecule has 23 heavy (non-hydrogen) atoms. The monoisotopic (exact) mass is 436 g/mol. The smallest absolute Gasteiger partial charge is 0.218 e. The first-order valence-corrected chi connectivity index (χ1v) is 7.81. The van der Waals surface area contributed by atoms with Crippen LogP contribution in [-0.2, 0) is 11.3 Å². The van der Waals surface area contributed by atoms with Crippen molar-refractivity contribution in [3.05, 3.63) is 23.9 Å². The van der Waals surface area contributed by atoms with E-state index in [1.54, 1.807) is 13.3 Å². The molecule has 0 aliphatic heterocycles. The molecule has 2 N–H and O–H groups in total. The van der Waals surface area contributed by atoms with Gasteiger partial charge in [0.15, 0.2) is 5.96 Å². The molecule has 0 amide bonds. The molecule has 0 radical (unpaired) electrons. The Morgan fingerprint density at radius 3 is 2.78 bits per heavy atom. The number of methoxy groups -OCH3 is 1. The van der Waals surface area contributed by atoms with Crippen LogP contribution >= 0.6 is 24.0 Å². The molecule has 1 rings (SSSR count). The van der Waals surface area contributed by atoms with E-state index in [9.17, 15) is 0 Å². The third-order valence-electron chi connectivity index (χ3n) is 3.12. The number of aromatic nitrogens is 1. The largest absolute Gasteiger partial charge is 0.475 e. The Kier molecular flexibility index (Phi) is 12.7. The second-order valence-electron chi connectivity index (χ2n) is 4.96. The zero-order chi connectivity index (χ0) is 16.2. The molecule has 0 saturated carbocycles. The first kappa shape index (κ1) is 21.9. The van der Waals surface area contributed by atoms with Gasteiger partial charge in [0.1, 0.15) is 6.61 Å². The molecule has 1 heterocycles. The molecule has 6 nitrogen and oxygen atoms in total. The molecule has 1 unspecified atom stereocenters. The average Bonchev–Trinajstić information content (AvgIpc) is 2.54. The molecular weight excluding hydrogens is 407 g/mol. The Labute approximate surface area is 156 Å². The Morgan fingerprint density at radius 1 is 1.35 bits per heavy atom. The van der Waals surface area contributed by atoms with E-state index in [0.29, 0.717) is 31.7 Å². The molecule has 1 aromatic rings. The van der Waals surface area contributed by atoms with E-state index in [2.05, 4.69) is 41.4 Å². The molecule has 0 aliphatic carbocycles. The van der Waals surface area contributed by atoms with E-state index in [1.807, 2.05) is 12.1 Å². The zero-order valence-electron chi connectivity index (χ0n) is 14.5. The van der Waals surface area contributed by atoms with Crippen LogP contribution in [0, 0.1) is 0 Å². The zero-order valence-corrected chi connectivity index (χ0v) is 16.8. The highest BCUT2D eigenvalue weighted by atomic mass is 127. The van der Waals surface area contributed by atoms with Gasteiger partial charge in [-0.05, 0) is 26.3 Å². The summed E-state index contributed by atoms with van der Waals surface area (Å²) < 4.78 is 10.6. The van der Waals surface area contributed by atoms with Gasteiger partial charge in [0.2, 0.25) is 5.88 Å². The molecule has 1 aromatic heterocycles. The first-order valence-electron chi connectivity index (χ1n) is 7.81. The summed E-state index contributed by atoms with van der Waals surface area (Å²) >= 11 is 0. The van der Waals surface area contributed by atoms with Gasteiger partial charge in [-0.1, -0.05) is 13.0 Å². The third-order valence-corrected chi connectivity index (χ3v) is 3.12. The fraction of sp³-hybridized carbons (Fsp3) is 0.625. The predicted octanol–water partition coefficient (Wildman–Crippen LogP) is 2.58. The van der Waals surface area contributed by atoms with Gasteiger partial charge >= 0.3 is 0 Å². The number of guanidine groups is 1. The number of rotatable bonds is 9. The number of nitrogens with one attached hydrogen (secondary N) is 2. The number of ether oxygens (including phenoxy) is 2. The number of halogens is 1. The number of hydrogen-bond acceptors (Lipinski definition) is 4. The Hall–Kier alpha value is -1.09. The Morgan fingerprint density at radius 2 is 2.13 bits per heavy atom. The van der Waals surface area contributed by atoms with Gasteiger partial charge in [-0.2, -0.15) is 0 Å². The van der Waals surface area contributed by atoms with Crippen molar-refractivity contribution >= 4 is 29.9 Å². The quantitative estimate of drug-likeness (QED) is 0.270. The van der Waals surface area contributed by atoms with E-state index in [0.717, 1.165) is 24.5 Å². The summed E-state index contributed by atoms with van der Waals surface area (Å²) in [6, 6.07) is 4.25. The molecule has 0 fully saturated rings. The highest BCUT2D eigenvalue weighted by Crippen LogP contribution is 2.15. The van der Waals surface area contributed by atoms with Gasteiger partial charge in [0.05, 0.1) is 13.2 Å². The van der Waals surface area contributed by atoms with E-state index >= 15 is 0 Å². The minimum Gasteiger partial charge on any atom is -0.475 e. The number of pyridine rings is 1. The molecule has 1 atom stereocenters.